The topological polar surface area (TPSA) is 43.1 Å². The average molecular weight is 199 g/mol. The van der Waals surface area contributed by atoms with Gasteiger partial charge in [-0.25, -0.2) is 0 Å². The van der Waals surface area contributed by atoms with Crippen molar-refractivity contribution in [1.82, 2.24) is 0 Å². The van der Waals surface area contributed by atoms with Crippen molar-refractivity contribution in [3.05, 3.63) is 0 Å². The molecule has 1 amide bonds. The van der Waals surface area contributed by atoms with Crippen molar-refractivity contribution in [3.8, 4) is 0 Å². The summed E-state index contributed by atoms with van der Waals surface area (Å²) in [5, 5.41) is 0. The van der Waals surface area contributed by atoms with E-state index >= 15 is 0 Å². The van der Waals surface area contributed by atoms with Crippen molar-refractivity contribution in [3.63, 3.8) is 0 Å². The first-order valence-corrected chi connectivity index (χ1v) is 5.99. The maximum Gasteiger partial charge on any atom is 0.217 e. The third kappa shape index (κ3) is 8.09. The van der Waals surface area contributed by atoms with Gasteiger partial charge >= 0.3 is 0 Å². The van der Waals surface area contributed by atoms with Crippen molar-refractivity contribution in [2.24, 2.45) is 11.7 Å². The number of amides is 1. The molecule has 0 heterocycles. The van der Waals surface area contributed by atoms with Crippen molar-refractivity contribution in [1.29, 1.82) is 0 Å². The molecular weight excluding hydrogens is 174 g/mol. The second-order valence-electron chi connectivity index (χ2n) is 4.16. The number of carbonyl (C=O) groups excluding carboxylic acids is 1. The molecule has 0 unspecified atom stereocenters. The Bertz CT molecular complexity index is 137. The summed E-state index contributed by atoms with van der Waals surface area (Å²) in [6.45, 7) is 4.43. The highest BCUT2D eigenvalue weighted by Crippen LogP contribution is 2.20. The summed E-state index contributed by atoms with van der Waals surface area (Å²) in [6, 6.07) is 0. The van der Waals surface area contributed by atoms with Gasteiger partial charge in [-0.05, 0) is 12.3 Å². The minimum Gasteiger partial charge on any atom is -0.370 e. The van der Waals surface area contributed by atoms with Gasteiger partial charge in [-0.2, -0.15) is 0 Å². The van der Waals surface area contributed by atoms with Crippen LogP contribution in [0.1, 0.15) is 65.2 Å². The second kappa shape index (κ2) is 9.04. The van der Waals surface area contributed by atoms with Crippen LogP contribution in [0, 0.1) is 5.92 Å². The maximum absolute atomic E-state index is 10.7. The Labute approximate surface area is 88.3 Å². The van der Waals surface area contributed by atoms with E-state index in [2.05, 4.69) is 13.8 Å². The van der Waals surface area contributed by atoms with E-state index in [1.165, 1.54) is 38.5 Å². The van der Waals surface area contributed by atoms with Gasteiger partial charge < -0.3 is 5.73 Å². The molecule has 2 nitrogen and oxygen atoms in total. The standard InChI is InChI=1S/C12H25NO/c1-3-5-7-11(8-6-4-2)9-10-12(13)14/h11H,3-10H2,1-2H3,(H2,13,14). The fourth-order valence-corrected chi connectivity index (χ4v) is 1.76. The molecule has 0 aromatic rings. The first kappa shape index (κ1) is 13.5. The first-order valence-electron chi connectivity index (χ1n) is 5.99. The monoisotopic (exact) mass is 199 g/mol. The fourth-order valence-electron chi connectivity index (χ4n) is 1.76. The average Bonchev–Trinajstić information content (AvgIpc) is 2.16. The molecule has 2 heteroatoms. The van der Waals surface area contributed by atoms with Crippen LogP contribution in [0.15, 0.2) is 0 Å². The molecule has 0 rings (SSSR count). The molecule has 0 aliphatic rings. The van der Waals surface area contributed by atoms with E-state index < -0.39 is 0 Å². The lowest BCUT2D eigenvalue weighted by atomic mass is 9.91. The van der Waals surface area contributed by atoms with Crippen LogP contribution in [0.2, 0.25) is 0 Å². The SMILES string of the molecule is CCCCC(CCCC)CCC(N)=O. The normalized spacial score (nSPS) is 10.8. The van der Waals surface area contributed by atoms with Crippen molar-refractivity contribution < 1.29 is 4.79 Å². The number of unbranched alkanes of at least 4 members (excludes halogenated alkanes) is 2. The smallest absolute Gasteiger partial charge is 0.217 e. The van der Waals surface area contributed by atoms with E-state index in [9.17, 15) is 4.79 Å². The van der Waals surface area contributed by atoms with Gasteiger partial charge in [-0.1, -0.05) is 52.4 Å². The number of carbonyl (C=O) groups is 1. The Kier molecular flexibility index (Phi) is 8.70. The van der Waals surface area contributed by atoms with E-state index in [4.69, 9.17) is 5.73 Å². The number of hydrogen-bond donors (Lipinski definition) is 1. The third-order valence-corrected chi connectivity index (χ3v) is 2.73. The molecule has 0 aromatic carbocycles. The summed E-state index contributed by atoms with van der Waals surface area (Å²) in [6.07, 6.45) is 9.17. The van der Waals surface area contributed by atoms with Crippen LogP contribution in [0.3, 0.4) is 0 Å². The van der Waals surface area contributed by atoms with Gasteiger partial charge in [0.25, 0.3) is 0 Å². The minimum absolute atomic E-state index is 0.150. The molecule has 0 saturated carbocycles. The zero-order chi connectivity index (χ0) is 10.8. The van der Waals surface area contributed by atoms with E-state index in [0.717, 1.165) is 12.3 Å². The predicted molar refractivity (Wildman–Crippen MR) is 61.0 cm³/mol. The Hall–Kier alpha value is -0.530. The predicted octanol–water partition coefficient (Wildman–Crippen LogP) is 3.25. The summed E-state index contributed by atoms with van der Waals surface area (Å²) >= 11 is 0. The maximum atomic E-state index is 10.7. The molecule has 0 atom stereocenters. The van der Waals surface area contributed by atoms with E-state index in [1.54, 1.807) is 0 Å². The van der Waals surface area contributed by atoms with Crippen LogP contribution in [0.5, 0.6) is 0 Å². The lowest BCUT2D eigenvalue weighted by Crippen LogP contribution is -2.13. The molecule has 2 N–H and O–H groups in total. The zero-order valence-corrected chi connectivity index (χ0v) is 9.72. The fraction of sp³-hybridized carbons (Fsp3) is 0.917. The van der Waals surface area contributed by atoms with Crippen molar-refractivity contribution >= 4 is 5.91 Å². The van der Waals surface area contributed by atoms with Gasteiger partial charge in [0.05, 0.1) is 0 Å². The molecule has 0 aliphatic carbocycles. The molecule has 0 saturated heterocycles. The second-order valence-corrected chi connectivity index (χ2v) is 4.16. The first-order chi connectivity index (χ1) is 6.70. The Balaban J connectivity index is 3.65. The molecule has 0 spiro atoms. The molecule has 0 fully saturated rings. The number of nitrogens with two attached hydrogens (primary N) is 1. The molecule has 0 aliphatic heterocycles. The van der Waals surface area contributed by atoms with Crippen LogP contribution < -0.4 is 5.73 Å². The molecule has 84 valence electrons. The highest BCUT2D eigenvalue weighted by atomic mass is 16.1. The van der Waals surface area contributed by atoms with Crippen LogP contribution in [-0.2, 0) is 4.79 Å². The quantitative estimate of drug-likeness (QED) is 0.608. The molecule has 0 radical (unpaired) electrons. The lowest BCUT2D eigenvalue weighted by Gasteiger charge is -2.14. The number of rotatable bonds is 9. The van der Waals surface area contributed by atoms with Crippen LogP contribution in [0.25, 0.3) is 0 Å². The number of hydrogen-bond acceptors (Lipinski definition) is 1. The minimum atomic E-state index is -0.150. The summed E-state index contributed by atoms with van der Waals surface area (Å²) in [7, 11) is 0. The van der Waals surface area contributed by atoms with Gasteiger partial charge in [0.2, 0.25) is 5.91 Å². The van der Waals surface area contributed by atoms with Crippen molar-refractivity contribution in [2.75, 3.05) is 0 Å². The van der Waals surface area contributed by atoms with Gasteiger partial charge in [-0.15, -0.1) is 0 Å². The molecule has 14 heavy (non-hydrogen) atoms. The van der Waals surface area contributed by atoms with E-state index in [-0.39, 0.29) is 5.91 Å². The zero-order valence-electron chi connectivity index (χ0n) is 9.72. The van der Waals surface area contributed by atoms with Gasteiger partial charge in [0.1, 0.15) is 0 Å². The Morgan fingerprint density at radius 3 is 1.93 bits per heavy atom. The number of primary amides is 1. The third-order valence-electron chi connectivity index (χ3n) is 2.73. The van der Waals surface area contributed by atoms with Crippen LogP contribution >= 0.6 is 0 Å². The van der Waals surface area contributed by atoms with Crippen molar-refractivity contribution in [2.45, 2.75) is 65.2 Å². The molecule has 0 bridgehead atoms. The largest absolute Gasteiger partial charge is 0.370 e. The summed E-state index contributed by atoms with van der Waals surface area (Å²) in [5.41, 5.74) is 5.16. The highest BCUT2D eigenvalue weighted by Gasteiger charge is 2.08. The summed E-state index contributed by atoms with van der Waals surface area (Å²) in [5.74, 6) is 0.574. The van der Waals surface area contributed by atoms with Gasteiger partial charge in [0, 0.05) is 6.42 Å². The van der Waals surface area contributed by atoms with E-state index in [0.29, 0.717) is 6.42 Å². The Morgan fingerprint density at radius 2 is 1.57 bits per heavy atom. The Morgan fingerprint density at radius 1 is 1.07 bits per heavy atom. The lowest BCUT2D eigenvalue weighted by molar-refractivity contribution is -0.118. The van der Waals surface area contributed by atoms with Gasteiger partial charge in [-0.3, -0.25) is 4.79 Å². The van der Waals surface area contributed by atoms with Gasteiger partial charge in [0.15, 0.2) is 0 Å². The summed E-state index contributed by atoms with van der Waals surface area (Å²) in [4.78, 5) is 10.7. The molecule has 0 aromatic heterocycles. The highest BCUT2D eigenvalue weighted by molar-refractivity contribution is 5.73. The van der Waals surface area contributed by atoms with Crippen LogP contribution in [-0.4, -0.2) is 5.91 Å². The summed E-state index contributed by atoms with van der Waals surface area (Å²) < 4.78 is 0. The molecular formula is C12H25NO. The van der Waals surface area contributed by atoms with E-state index in [1.807, 2.05) is 0 Å². The van der Waals surface area contributed by atoms with Crippen LogP contribution in [0.4, 0.5) is 0 Å².